The van der Waals surface area contributed by atoms with Gasteiger partial charge < -0.3 is 31.5 Å². The Balaban J connectivity index is 2.81. The second-order valence-corrected chi connectivity index (χ2v) is 7.01. The van der Waals surface area contributed by atoms with Gasteiger partial charge in [0.05, 0.1) is 6.54 Å². The quantitative estimate of drug-likeness (QED) is 0.294. The van der Waals surface area contributed by atoms with Crippen molar-refractivity contribution in [1.29, 1.82) is 0 Å². The Kier molecular flexibility index (Phi) is 8.83. The molecule has 1 fully saturated rings. The molecule has 1 saturated heterocycles. The number of nitrogens with two attached hydrogens (primary N) is 1. The molecule has 158 valence electrons. The number of aliphatic carboxylic acids is 2. The molecular formula is C17H28N4O7. The summed E-state index contributed by atoms with van der Waals surface area (Å²) in [6.07, 6.45) is 0.379. The van der Waals surface area contributed by atoms with Crippen molar-refractivity contribution in [2.75, 3.05) is 13.1 Å². The summed E-state index contributed by atoms with van der Waals surface area (Å²) in [6, 6.07) is -3.15. The number of hydrogen-bond donors (Lipinski definition) is 5. The highest BCUT2D eigenvalue weighted by atomic mass is 16.4. The van der Waals surface area contributed by atoms with Crippen molar-refractivity contribution in [3.8, 4) is 0 Å². The predicted octanol–water partition coefficient (Wildman–Crippen LogP) is -1.49. The Morgan fingerprint density at radius 1 is 1.14 bits per heavy atom. The summed E-state index contributed by atoms with van der Waals surface area (Å²) < 4.78 is 0. The normalized spacial score (nSPS) is 18.4. The molecule has 0 aliphatic carbocycles. The van der Waals surface area contributed by atoms with Crippen LogP contribution in [0.5, 0.6) is 0 Å². The summed E-state index contributed by atoms with van der Waals surface area (Å²) in [6.45, 7) is 3.54. The monoisotopic (exact) mass is 400 g/mol. The number of nitrogens with one attached hydrogen (secondary N) is 2. The van der Waals surface area contributed by atoms with E-state index in [4.69, 9.17) is 10.8 Å². The summed E-state index contributed by atoms with van der Waals surface area (Å²) >= 11 is 0. The molecule has 0 saturated carbocycles. The van der Waals surface area contributed by atoms with Crippen molar-refractivity contribution < 1.29 is 34.2 Å². The zero-order valence-electron chi connectivity index (χ0n) is 16.0. The van der Waals surface area contributed by atoms with Crippen LogP contribution in [-0.2, 0) is 24.0 Å². The largest absolute Gasteiger partial charge is 0.481 e. The first kappa shape index (κ1) is 23.3. The number of amides is 3. The lowest BCUT2D eigenvalue weighted by Gasteiger charge is -2.28. The molecule has 11 nitrogen and oxygen atoms in total. The van der Waals surface area contributed by atoms with E-state index in [1.165, 1.54) is 4.90 Å². The predicted molar refractivity (Wildman–Crippen MR) is 97.0 cm³/mol. The lowest BCUT2D eigenvalue weighted by molar-refractivity contribution is -0.144. The van der Waals surface area contributed by atoms with Gasteiger partial charge in [-0.15, -0.1) is 0 Å². The molecule has 3 amide bonds. The first-order chi connectivity index (χ1) is 13.1. The maximum atomic E-state index is 12.6. The topological polar surface area (TPSA) is 179 Å². The van der Waals surface area contributed by atoms with Crippen LogP contribution in [-0.4, -0.2) is 76.0 Å². The second-order valence-electron chi connectivity index (χ2n) is 7.01. The lowest BCUT2D eigenvalue weighted by atomic mass is 10.0. The van der Waals surface area contributed by atoms with Crippen LogP contribution in [0.1, 0.15) is 39.5 Å². The maximum absolute atomic E-state index is 12.6. The van der Waals surface area contributed by atoms with E-state index >= 15 is 0 Å². The van der Waals surface area contributed by atoms with Gasteiger partial charge in [-0.1, -0.05) is 13.8 Å². The van der Waals surface area contributed by atoms with Crippen molar-refractivity contribution in [2.24, 2.45) is 11.7 Å². The Morgan fingerprint density at radius 3 is 2.29 bits per heavy atom. The van der Waals surface area contributed by atoms with Gasteiger partial charge >= 0.3 is 11.9 Å². The third-order valence-corrected chi connectivity index (χ3v) is 4.56. The third kappa shape index (κ3) is 6.48. The van der Waals surface area contributed by atoms with E-state index < -0.39 is 48.3 Å². The van der Waals surface area contributed by atoms with E-state index in [1.807, 2.05) is 0 Å². The smallest absolute Gasteiger partial charge is 0.326 e. The number of carbonyl (C=O) groups is 5. The number of likely N-dealkylation sites (tertiary alicyclic amines) is 1. The Hall–Kier alpha value is -2.69. The lowest BCUT2D eigenvalue weighted by Crippen LogP contribution is -2.57. The standard InChI is InChI=1S/C17H28N4O7/c1-9(2)14(16(26)19-10(17(27)28)5-6-13(23)24)20-15(25)11-4-3-7-21(11)12(22)8-18/h9-11,14H,3-8,18H2,1-2H3,(H,19,26)(H,20,25)(H,23,24)(H,27,28). The molecular weight excluding hydrogens is 372 g/mol. The van der Waals surface area contributed by atoms with Crippen molar-refractivity contribution in [1.82, 2.24) is 15.5 Å². The van der Waals surface area contributed by atoms with E-state index in [0.717, 1.165) is 0 Å². The molecule has 1 rings (SSSR count). The van der Waals surface area contributed by atoms with Gasteiger partial charge in [0.1, 0.15) is 18.1 Å². The third-order valence-electron chi connectivity index (χ3n) is 4.56. The fourth-order valence-corrected chi connectivity index (χ4v) is 3.03. The molecule has 6 N–H and O–H groups in total. The van der Waals surface area contributed by atoms with Gasteiger partial charge in [0.15, 0.2) is 0 Å². The minimum Gasteiger partial charge on any atom is -0.481 e. The number of hydrogen-bond acceptors (Lipinski definition) is 6. The van der Waals surface area contributed by atoms with Crippen molar-refractivity contribution >= 4 is 29.7 Å². The molecule has 11 heteroatoms. The molecule has 0 bridgehead atoms. The first-order valence-electron chi connectivity index (χ1n) is 9.13. The van der Waals surface area contributed by atoms with Gasteiger partial charge in [-0.05, 0) is 25.2 Å². The Morgan fingerprint density at radius 2 is 1.79 bits per heavy atom. The highest BCUT2D eigenvalue weighted by molar-refractivity contribution is 5.94. The first-order valence-corrected chi connectivity index (χ1v) is 9.13. The molecule has 0 radical (unpaired) electrons. The van der Waals surface area contributed by atoms with E-state index in [-0.39, 0.29) is 24.8 Å². The van der Waals surface area contributed by atoms with Crippen LogP contribution in [0.4, 0.5) is 0 Å². The van der Waals surface area contributed by atoms with Crippen LogP contribution in [0.3, 0.4) is 0 Å². The molecule has 3 atom stereocenters. The van der Waals surface area contributed by atoms with Crippen LogP contribution >= 0.6 is 0 Å². The minimum atomic E-state index is -1.39. The summed E-state index contributed by atoms with van der Waals surface area (Å²) in [5.74, 6) is -4.50. The van der Waals surface area contributed by atoms with Gasteiger partial charge in [0.2, 0.25) is 17.7 Å². The zero-order chi connectivity index (χ0) is 21.4. The molecule has 1 heterocycles. The van der Waals surface area contributed by atoms with Crippen LogP contribution in [0, 0.1) is 5.92 Å². The number of carboxylic acid groups (broad SMARTS) is 2. The number of rotatable bonds is 10. The zero-order valence-corrected chi connectivity index (χ0v) is 16.0. The van der Waals surface area contributed by atoms with Crippen LogP contribution in [0.15, 0.2) is 0 Å². The van der Waals surface area contributed by atoms with Gasteiger partial charge in [-0.2, -0.15) is 0 Å². The SMILES string of the molecule is CC(C)C(NC(=O)C1CCCN1C(=O)CN)C(=O)NC(CCC(=O)O)C(=O)O. The molecule has 1 aliphatic heterocycles. The summed E-state index contributed by atoms with van der Waals surface area (Å²) in [4.78, 5) is 60.3. The Bertz CT molecular complexity index is 623. The average Bonchev–Trinajstić information content (AvgIpc) is 3.11. The number of carboxylic acids is 2. The molecule has 28 heavy (non-hydrogen) atoms. The van der Waals surface area contributed by atoms with Crippen LogP contribution in [0.2, 0.25) is 0 Å². The molecule has 0 aromatic heterocycles. The van der Waals surface area contributed by atoms with Crippen molar-refractivity contribution in [3.05, 3.63) is 0 Å². The summed E-state index contributed by atoms with van der Waals surface area (Å²) in [5, 5.41) is 22.7. The van der Waals surface area contributed by atoms with Crippen molar-refractivity contribution in [2.45, 2.75) is 57.7 Å². The fourth-order valence-electron chi connectivity index (χ4n) is 3.03. The van der Waals surface area contributed by atoms with Crippen LogP contribution in [0.25, 0.3) is 0 Å². The molecule has 0 aromatic carbocycles. The summed E-state index contributed by atoms with van der Waals surface area (Å²) in [7, 11) is 0. The molecule has 0 aromatic rings. The highest BCUT2D eigenvalue weighted by Gasteiger charge is 2.36. The van der Waals surface area contributed by atoms with Gasteiger partial charge in [-0.25, -0.2) is 4.79 Å². The van der Waals surface area contributed by atoms with E-state index in [9.17, 15) is 29.1 Å². The minimum absolute atomic E-state index is 0.220. The van der Waals surface area contributed by atoms with Gasteiger partial charge in [0.25, 0.3) is 0 Å². The molecule has 0 spiro atoms. The van der Waals surface area contributed by atoms with E-state index in [0.29, 0.717) is 19.4 Å². The number of carbonyl (C=O) groups excluding carboxylic acids is 3. The highest BCUT2D eigenvalue weighted by Crippen LogP contribution is 2.18. The molecule has 3 unspecified atom stereocenters. The van der Waals surface area contributed by atoms with Crippen LogP contribution < -0.4 is 16.4 Å². The maximum Gasteiger partial charge on any atom is 0.326 e. The summed E-state index contributed by atoms with van der Waals surface area (Å²) in [5.41, 5.74) is 5.36. The van der Waals surface area contributed by atoms with Gasteiger partial charge in [-0.3, -0.25) is 19.2 Å². The average molecular weight is 400 g/mol. The fraction of sp³-hybridized carbons (Fsp3) is 0.706. The second kappa shape index (κ2) is 10.6. The van der Waals surface area contributed by atoms with Crippen molar-refractivity contribution in [3.63, 3.8) is 0 Å². The van der Waals surface area contributed by atoms with E-state index in [1.54, 1.807) is 13.8 Å². The number of nitrogens with zero attached hydrogens (tertiary/aromatic N) is 1. The van der Waals surface area contributed by atoms with E-state index in [2.05, 4.69) is 10.6 Å². The Labute approximate surface area is 162 Å². The molecule has 1 aliphatic rings. The van der Waals surface area contributed by atoms with Gasteiger partial charge in [0, 0.05) is 13.0 Å².